The van der Waals surface area contributed by atoms with Crippen molar-refractivity contribution in [3.05, 3.63) is 33.9 Å². The van der Waals surface area contributed by atoms with Crippen molar-refractivity contribution >= 4 is 34.1 Å². The molecule has 0 saturated heterocycles. The largest absolute Gasteiger partial charge is 0.356 e. The molecule has 0 radical (unpaired) electrons. The molecule has 4 heteroatoms. The number of halogens is 2. The Morgan fingerprint density at radius 1 is 1.31 bits per heavy atom. The zero-order chi connectivity index (χ0) is 9.42. The van der Waals surface area contributed by atoms with E-state index in [1.165, 1.54) is 0 Å². The van der Waals surface area contributed by atoms with Gasteiger partial charge in [0, 0.05) is 23.1 Å². The summed E-state index contributed by atoms with van der Waals surface area (Å²) in [5.74, 6) is 0. The SMILES string of the molecule is NCc1[nH]c2cccc(Cl)c2c1Cl. The fourth-order valence-electron chi connectivity index (χ4n) is 1.36. The van der Waals surface area contributed by atoms with Crippen LogP contribution >= 0.6 is 23.2 Å². The molecule has 0 saturated carbocycles. The van der Waals surface area contributed by atoms with E-state index in [0.717, 1.165) is 16.6 Å². The predicted molar refractivity (Wildman–Crippen MR) is 56.2 cm³/mol. The molecule has 1 aromatic carbocycles. The minimum Gasteiger partial charge on any atom is -0.356 e. The van der Waals surface area contributed by atoms with Gasteiger partial charge < -0.3 is 10.7 Å². The Morgan fingerprint density at radius 3 is 2.69 bits per heavy atom. The highest BCUT2D eigenvalue weighted by Crippen LogP contribution is 2.32. The number of rotatable bonds is 1. The summed E-state index contributed by atoms with van der Waals surface area (Å²) in [6.07, 6.45) is 0. The molecule has 2 nitrogen and oxygen atoms in total. The summed E-state index contributed by atoms with van der Waals surface area (Å²) in [4.78, 5) is 3.11. The monoisotopic (exact) mass is 214 g/mol. The van der Waals surface area contributed by atoms with Crippen molar-refractivity contribution in [1.82, 2.24) is 4.98 Å². The third-order valence-corrected chi connectivity index (χ3v) is 2.72. The number of hydrogen-bond acceptors (Lipinski definition) is 1. The van der Waals surface area contributed by atoms with Crippen LogP contribution in [-0.2, 0) is 6.54 Å². The maximum Gasteiger partial charge on any atom is 0.0720 e. The number of hydrogen-bond donors (Lipinski definition) is 2. The van der Waals surface area contributed by atoms with E-state index in [1.807, 2.05) is 18.2 Å². The fourth-order valence-corrected chi connectivity index (χ4v) is 2.01. The molecule has 0 spiro atoms. The average molecular weight is 215 g/mol. The first-order chi connectivity index (χ1) is 6.24. The smallest absolute Gasteiger partial charge is 0.0720 e. The zero-order valence-corrected chi connectivity index (χ0v) is 8.28. The molecule has 0 fully saturated rings. The number of fused-ring (bicyclic) bond motifs is 1. The Labute approximate surface area is 85.6 Å². The molecule has 0 bridgehead atoms. The molecule has 2 rings (SSSR count). The van der Waals surface area contributed by atoms with E-state index in [1.54, 1.807) is 0 Å². The lowest BCUT2D eigenvalue weighted by Crippen LogP contribution is -1.96. The van der Waals surface area contributed by atoms with Gasteiger partial charge in [-0.1, -0.05) is 29.3 Å². The summed E-state index contributed by atoms with van der Waals surface area (Å²) in [7, 11) is 0. The zero-order valence-electron chi connectivity index (χ0n) is 6.77. The predicted octanol–water partition coefficient (Wildman–Crippen LogP) is 2.93. The molecule has 68 valence electrons. The lowest BCUT2D eigenvalue weighted by molar-refractivity contribution is 1.02. The van der Waals surface area contributed by atoms with Crippen LogP contribution in [0.5, 0.6) is 0 Å². The van der Waals surface area contributed by atoms with Gasteiger partial charge in [-0.2, -0.15) is 0 Å². The molecule has 1 heterocycles. The van der Waals surface area contributed by atoms with E-state index in [2.05, 4.69) is 4.98 Å². The third kappa shape index (κ3) is 1.31. The summed E-state index contributed by atoms with van der Waals surface area (Å²) < 4.78 is 0. The number of benzene rings is 1. The number of nitrogens with one attached hydrogen (secondary N) is 1. The summed E-state index contributed by atoms with van der Waals surface area (Å²) in [5.41, 5.74) is 7.26. The van der Waals surface area contributed by atoms with Crippen molar-refractivity contribution in [2.75, 3.05) is 0 Å². The Kier molecular flexibility index (Phi) is 2.20. The molecule has 1 aromatic heterocycles. The van der Waals surface area contributed by atoms with E-state index in [0.29, 0.717) is 16.6 Å². The Morgan fingerprint density at radius 2 is 2.08 bits per heavy atom. The number of aromatic amines is 1. The fraction of sp³-hybridized carbons (Fsp3) is 0.111. The molecular formula is C9H8Cl2N2. The van der Waals surface area contributed by atoms with Gasteiger partial charge in [-0.15, -0.1) is 0 Å². The molecule has 3 N–H and O–H groups in total. The molecule has 0 aliphatic rings. The van der Waals surface area contributed by atoms with Gasteiger partial charge in [-0.3, -0.25) is 0 Å². The second-order valence-corrected chi connectivity index (χ2v) is 3.57. The van der Waals surface area contributed by atoms with Crippen molar-refractivity contribution in [1.29, 1.82) is 0 Å². The second kappa shape index (κ2) is 3.22. The van der Waals surface area contributed by atoms with Crippen LogP contribution in [0.1, 0.15) is 5.69 Å². The van der Waals surface area contributed by atoms with E-state index in [9.17, 15) is 0 Å². The summed E-state index contributed by atoms with van der Waals surface area (Å²) in [5, 5.41) is 2.13. The van der Waals surface area contributed by atoms with Crippen molar-refractivity contribution in [3.8, 4) is 0 Å². The molecule has 0 amide bonds. The third-order valence-electron chi connectivity index (χ3n) is 1.99. The highest BCUT2D eigenvalue weighted by Gasteiger charge is 2.10. The van der Waals surface area contributed by atoms with Gasteiger partial charge in [0.2, 0.25) is 0 Å². The van der Waals surface area contributed by atoms with Gasteiger partial charge in [0.05, 0.1) is 10.0 Å². The molecule has 0 unspecified atom stereocenters. The quantitative estimate of drug-likeness (QED) is 0.754. The highest BCUT2D eigenvalue weighted by atomic mass is 35.5. The maximum absolute atomic E-state index is 6.07. The van der Waals surface area contributed by atoms with Crippen molar-refractivity contribution in [3.63, 3.8) is 0 Å². The molecule has 0 aliphatic heterocycles. The first-order valence-electron chi connectivity index (χ1n) is 3.88. The van der Waals surface area contributed by atoms with Crippen molar-refractivity contribution in [2.45, 2.75) is 6.54 Å². The van der Waals surface area contributed by atoms with Gasteiger partial charge in [0.25, 0.3) is 0 Å². The van der Waals surface area contributed by atoms with E-state index < -0.39 is 0 Å². The topological polar surface area (TPSA) is 41.8 Å². The van der Waals surface area contributed by atoms with Crippen LogP contribution in [0.2, 0.25) is 10.0 Å². The molecular weight excluding hydrogens is 207 g/mol. The first kappa shape index (κ1) is 8.88. The van der Waals surface area contributed by atoms with Crippen LogP contribution in [0.25, 0.3) is 10.9 Å². The molecule has 0 atom stereocenters. The Bertz CT molecular complexity index is 448. The number of H-pyrrole nitrogens is 1. The van der Waals surface area contributed by atoms with Crippen LogP contribution in [0.3, 0.4) is 0 Å². The van der Waals surface area contributed by atoms with Crippen LogP contribution in [0, 0.1) is 0 Å². The molecule has 13 heavy (non-hydrogen) atoms. The maximum atomic E-state index is 6.07. The minimum absolute atomic E-state index is 0.393. The van der Waals surface area contributed by atoms with E-state index >= 15 is 0 Å². The van der Waals surface area contributed by atoms with Gasteiger partial charge in [-0.05, 0) is 12.1 Å². The lowest BCUT2D eigenvalue weighted by Gasteiger charge is -1.92. The Hall–Kier alpha value is -0.700. The summed E-state index contributed by atoms with van der Waals surface area (Å²) in [6.45, 7) is 0.393. The van der Waals surface area contributed by atoms with Crippen molar-refractivity contribution < 1.29 is 0 Å². The Balaban J connectivity index is 2.85. The van der Waals surface area contributed by atoms with Gasteiger partial charge in [0.1, 0.15) is 0 Å². The number of aromatic nitrogens is 1. The molecule has 0 aliphatic carbocycles. The van der Waals surface area contributed by atoms with Crippen LogP contribution < -0.4 is 5.73 Å². The van der Waals surface area contributed by atoms with Gasteiger partial charge in [0.15, 0.2) is 0 Å². The standard InChI is InChI=1S/C9H8Cl2N2/c10-5-2-1-3-6-8(5)9(11)7(4-12)13-6/h1-3,13H,4,12H2. The average Bonchev–Trinajstić information content (AvgIpc) is 2.44. The van der Waals surface area contributed by atoms with Gasteiger partial charge >= 0.3 is 0 Å². The minimum atomic E-state index is 0.393. The van der Waals surface area contributed by atoms with E-state index in [4.69, 9.17) is 28.9 Å². The van der Waals surface area contributed by atoms with Gasteiger partial charge in [-0.25, -0.2) is 0 Å². The van der Waals surface area contributed by atoms with Crippen LogP contribution in [-0.4, -0.2) is 4.98 Å². The van der Waals surface area contributed by atoms with Crippen molar-refractivity contribution in [2.24, 2.45) is 5.73 Å². The highest BCUT2D eigenvalue weighted by molar-refractivity contribution is 6.42. The first-order valence-corrected chi connectivity index (χ1v) is 4.64. The molecule has 2 aromatic rings. The van der Waals surface area contributed by atoms with Crippen LogP contribution in [0.4, 0.5) is 0 Å². The summed E-state index contributed by atoms with van der Waals surface area (Å²) in [6, 6.07) is 5.61. The second-order valence-electron chi connectivity index (χ2n) is 2.78. The normalized spacial score (nSPS) is 11.0. The summed E-state index contributed by atoms with van der Waals surface area (Å²) >= 11 is 12.1. The van der Waals surface area contributed by atoms with E-state index in [-0.39, 0.29) is 0 Å². The number of nitrogens with two attached hydrogens (primary N) is 1. The van der Waals surface area contributed by atoms with Crippen LogP contribution in [0.15, 0.2) is 18.2 Å². The lowest BCUT2D eigenvalue weighted by atomic mass is 10.2.